The van der Waals surface area contributed by atoms with Crippen LogP contribution in [0.4, 0.5) is 10.1 Å². The number of aromatic hydroxyl groups is 1. The fourth-order valence-electron chi connectivity index (χ4n) is 4.72. The zero-order valence-electron chi connectivity index (χ0n) is 22.9. The molecular formula is C31H31ClFNO6. The fourth-order valence-corrected chi connectivity index (χ4v) is 4.90. The molecule has 1 aliphatic heterocycles. The Morgan fingerprint density at radius 1 is 0.975 bits per heavy atom. The van der Waals surface area contributed by atoms with Crippen molar-refractivity contribution in [1.29, 1.82) is 0 Å². The number of ketones is 1. The minimum atomic E-state index is -1.13. The monoisotopic (exact) mass is 567 g/mol. The largest absolute Gasteiger partial charge is 0.507 e. The number of nitrogens with zero attached hydrogens (tertiary/aromatic N) is 1. The van der Waals surface area contributed by atoms with Crippen molar-refractivity contribution in [3.05, 3.63) is 87.7 Å². The lowest BCUT2D eigenvalue weighted by Crippen LogP contribution is -2.29. The van der Waals surface area contributed by atoms with Gasteiger partial charge in [0.15, 0.2) is 11.5 Å². The third kappa shape index (κ3) is 5.36. The minimum Gasteiger partial charge on any atom is -0.507 e. The first-order valence-electron chi connectivity index (χ1n) is 12.9. The van der Waals surface area contributed by atoms with Crippen LogP contribution >= 0.6 is 11.6 Å². The molecule has 3 aromatic rings. The Morgan fingerprint density at radius 3 is 2.27 bits per heavy atom. The average Bonchev–Trinajstić information content (AvgIpc) is 3.16. The third-order valence-electron chi connectivity index (χ3n) is 6.59. The van der Waals surface area contributed by atoms with Crippen molar-refractivity contribution in [2.75, 3.05) is 18.1 Å². The first kappa shape index (κ1) is 29.0. The Bertz CT molecular complexity index is 1510. The molecule has 1 amide bonds. The van der Waals surface area contributed by atoms with E-state index in [0.29, 0.717) is 23.5 Å². The van der Waals surface area contributed by atoms with Crippen molar-refractivity contribution in [2.24, 2.45) is 0 Å². The smallest absolute Gasteiger partial charge is 0.300 e. The third-order valence-corrected chi connectivity index (χ3v) is 6.88. The number of anilines is 1. The Labute approximate surface area is 237 Å². The van der Waals surface area contributed by atoms with Gasteiger partial charge in [0.2, 0.25) is 0 Å². The molecule has 3 aromatic carbocycles. The van der Waals surface area contributed by atoms with E-state index in [1.807, 2.05) is 27.7 Å². The summed E-state index contributed by atoms with van der Waals surface area (Å²) in [7, 11) is 0. The van der Waals surface area contributed by atoms with Gasteiger partial charge in [-0.05, 0) is 73.4 Å². The number of aliphatic hydroxyl groups is 1. The maximum Gasteiger partial charge on any atom is 0.300 e. The number of phenolic OH excluding ortho intramolecular Hbond substituents is 1. The second-order valence-corrected chi connectivity index (χ2v) is 10.7. The molecule has 1 heterocycles. The van der Waals surface area contributed by atoms with Gasteiger partial charge >= 0.3 is 0 Å². The highest BCUT2D eigenvalue weighted by Gasteiger charge is 2.47. The van der Waals surface area contributed by atoms with Crippen LogP contribution in [0.1, 0.15) is 57.4 Å². The van der Waals surface area contributed by atoms with Gasteiger partial charge in [-0.25, -0.2) is 4.39 Å². The number of benzene rings is 3. The maximum absolute atomic E-state index is 14.0. The molecular weight excluding hydrogens is 537 g/mol. The standard InChI is InChI=1S/C31H31ClFNO6/c1-6-39-24-13-9-18(14-20(24)31(3,4)5)28(36)26-27(17-8-12-23(35)25(15-17)40-7-2)34(30(38)29(26)37)19-10-11-22(33)21(32)16-19/h8-16,27,35-36H,6-7H2,1-5H3/b28-26+. The van der Waals surface area contributed by atoms with Gasteiger partial charge < -0.3 is 19.7 Å². The molecule has 7 nitrogen and oxygen atoms in total. The number of rotatable bonds is 7. The van der Waals surface area contributed by atoms with Crippen LogP contribution in [0.15, 0.2) is 60.2 Å². The van der Waals surface area contributed by atoms with Gasteiger partial charge in [-0.1, -0.05) is 38.4 Å². The molecule has 1 unspecified atom stereocenters. The van der Waals surface area contributed by atoms with Crippen molar-refractivity contribution in [1.82, 2.24) is 0 Å². The Kier molecular flexibility index (Phi) is 8.12. The van der Waals surface area contributed by atoms with E-state index in [-0.39, 0.29) is 39.8 Å². The number of carbonyl (C=O) groups is 2. The molecule has 4 rings (SSSR count). The molecule has 0 spiro atoms. The fraction of sp³-hybridized carbons (Fsp3) is 0.290. The van der Waals surface area contributed by atoms with Gasteiger partial charge in [-0.2, -0.15) is 0 Å². The highest BCUT2D eigenvalue weighted by atomic mass is 35.5. The number of Topliss-reactive ketones (excluding diaryl/α,β-unsaturated/α-hetero) is 1. The molecule has 1 aliphatic rings. The van der Waals surface area contributed by atoms with Crippen molar-refractivity contribution in [3.63, 3.8) is 0 Å². The van der Waals surface area contributed by atoms with Crippen LogP contribution in [0.3, 0.4) is 0 Å². The molecule has 1 fully saturated rings. The van der Waals surface area contributed by atoms with E-state index < -0.39 is 29.3 Å². The molecule has 0 saturated carbocycles. The summed E-state index contributed by atoms with van der Waals surface area (Å²) in [4.78, 5) is 28.2. The van der Waals surface area contributed by atoms with Crippen molar-refractivity contribution in [3.8, 4) is 17.2 Å². The molecule has 0 aromatic heterocycles. The summed E-state index contributed by atoms with van der Waals surface area (Å²) in [5, 5.41) is 21.7. The second kappa shape index (κ2) is 11.2. The predicted molar refractivity (Wildman–Crippen MR) is 152 cm³/mol. The summed E-state index contributed by atoms with van der Waals surface area (Å²) in [5.41, 5.74) is 1.12. The van der Waals surface area contributed by atoms with E-state index in [4.69, 9.17) is 21.1 Å². The highest BCUT2D eigenvalue weighted by molar-refractivity contribution is 6.51. The van der Waals surface area contributed by atoms with Crippen LogP contribution in [0.5, 0.6) is 17.2 Å². The zero-order valence-corrected chi connectivity index (χ0v) is 23.7. The summed E-state index contributed by atoms with van der Waals surface area (Å²) >= 11 is 6.03. The maximum atomic E-state index is 14.0. The van der Waals surface area contributed by atoms with Crippen LogP contribution < -0.4 is 14.4 Å². The summed E-state index contributed by atoms with van der Waals surface area (Å²) < 4.78 is 25.3. The number of ether oxygens (including phenoxy) is 2. The summed E-state index contributed by atoms with van der Waals surface area (Å²) in [6.07, 6.45) is 0. The highest BCUT2D eigenvalue weighted by Crippen LogP contribution is 2.45. The van der Waals surface area contributed by atoms with E-state index >= 15 is 0 Å². The topological polar surface area (TPSA) is 96.3 Å². The lowest BCUT2D eigenvalue weighted by Gasteiger charge is -2.26. The lowest BCUT2D eigenvalue weighted by molar-refractivity contribution is -0.132. The van der Waals surface area contributed by atoms with Crippen molar-refractivity contribution in [2.45, 2.75) is 46.1 Å². The summed E-state index contributed by atoms with van der Waals surface area (Å²) in [5.74, 6) is -2.29. The molecule has 2 N–H and O–H groups in total. The number of hydrogen-bond donors (Lipinski definition) is 2. The van der Waals surface area contributed by atoms with Gasteiger partial charge in [0.05, 0.1) is 29.9 Å². The van der Waals surface area contributed by atoms with E-state index in [1.54, 1.807) is 25.1 Å². The molecule has 1 saturated heterocycles. The SMILES string of the molecule is CCOc1cc(C2/C(=C(\O)c3ccc(OCC)c(C(C)(C)C)c3)C(=O)C(=O)N2c2ccc(F)c(Cl)c2)ccc1O. The van der Waals surface area contributed by atoms with Gasteiger partial charge in [0.25, 0.3) is 11.7 Å². The summed E-state index contributed by atoms with van der Waals surface area (Å²) in [6, 6.07) is 12.0. The number of amides is 1. The van der Waals surface area contributed by atoms with Crippen molar-refractivity contribution < 1.29 is 33.7 Å². The second-order valence-electron chi connectivity index (χ2n) is 10.3. The minimum absolute atomic E-state index is 0.131. The first-order chi connectivity index (χ1) is 18.9. The van der Waals surface area contributed by atoms with Crippen LogP contribution in [0.25, 0.3) is 5.76 Å². The van der Waals surface area contributed by atoms with Crippen LogP contribution in [0.2, 0.25) is 5.02 Å². The number of aliphatic hydroxyl groups excluding tert-OH is 1. The van der Waals surface area contributed by atoms with Crippen LogP contribution in [-0.2, 0) is 15.0 Å². The van der Waals surface area contributed by atoms with E-state index in [0.717, 1.165) is 16.5 Å². The number of hydrogen-bond acceptors (Lipinski definition) is 6. The van der Waals surface area contributed by atoms with Crippen molar-refractivity contribution >= 4 is 34.7 Å². The molecule has 0 bridgehead atoms. The van der Waals surface area contributed by atoms with E-state index in [1.165, 1.54) is 30.3 Å². The Balaban J connectivity index is 1.98. The van der Waals surface area contributed by atoms with Gasteiger partial charge in [0.1, 0.15) is 17.3 Å². The first-order valence-corrected chi connectivity index (χ1v) is 13.3. The molecule has 0 radical (unpaired) electrons. The van der Waals surface area contributed by atoms with Gasteiger partial charge in [-0.15, -0.1) is 0 Å². The molecule has 210 valence electrons. The van der Waals surface area contributed by atoms with Crippen LogP contribution in [-0.4, -0.2) is 35.1 Å². The normalized spacial score (nSPS) is 16.9. The quantitative estimate of drug-likeness (QED) is 0.183. The molecule has 40 heavy (non-hydrogen) atoms. The molecule has 0 aliphatic carbocycles. The number of halogens is 2. The van der Waals surface area contributed by atoms with E-state index in [9.17, 15) is 24.2 Å². The van der Waals surface area contributed by atoms with Crippen LogP contribution in [0, 0.1) is 5.82 Å². The Hall–Kier alpha value is -4.04. The zero-order chi connectivity index (χ0) is 29.4. The average molecular weight is 568 g/mol. The summed E-state index contributed by atoms with van der Waals surface area (Å²) in [6.45, 7) is 10.3. The Morgan fingerprint density at radius 2 is 1.65 bits per heavy atom. The lowest BCUT2D eigenvalue weighted by atomic mass is 9.84. The molecule has 9 heteroatoms. The number of phenols is 1. The van der Waals surface area contributed by atoms with Gasteiger partial charge in [0, 0.05) is 16.8 Å². The molecule has 1 atom stereocenters. The predicted octanol–water partition coefficient (Wildman–Crippen LogP) is 6.91. The number of carbonyl (C=O) groups excluding carboxylic acids is 2. The van der Waals surface area contributed by atoms with Gasteiger partial charge in [-0.3, -0.25) is 14.5 Å². The van der Waals surface area contributed by atoms with E-state index in [2.05, 4.69) is 0 Å².